The average Bonchev–Trinajstić information content (AvgIpc) is 2.92. The molecule has 0 radical (unpaired) electrons. The van der Waals surface area contributed by atoms with Crippen LogP contribution in [0.4, 0.5) is 10.5 Å². The van der Waals surface area contributed by atoms with E-state index in [1.54, 1.807) is 24.1 Å². The number of carbonyl (C=O) groups excluding carboxylic acids is 2. The zero-order chi connectivity index (χ0) is 27.3. The largest absolute Gasteiger partial charge is 0.444 e. The van der Waals surface area contributed by atoms with Crippen molar-refractivity contribution in [1.82, 2.24) is 5.32 Å². The molecule has 7 nitrogen and oxygen atoms in total. The number of amides is 2. The number of aliphatic hydroxyl groups excluding tert-OH is 1. The number of allylic oxidation sites excluding steroid dienone is 2. The van der Waals surface area contributed by atoms with Crippen molar-refractivity contribution in [2.45, 2.75) is 64.4 Å². The number of rotatable bonds is 6. The third-order valence-electron chi connectivity index (χ3n) is 6.63. The Balaban J connectivity index is 1.94. The maximum Gasteiger partial charge on any atom is 0.414 e. The molecular formula is C30H39ClN2O5. The first-order valence-electron chi connectivity index (χ1n) is 13.2. The monoisotopic (exact) mass is 542 g/mol. The van der Waals surface area contributed by atoms with Gasteiger partial charge < -0.3 is 19.9 Å². The fraction of sp³-hybridized carbons (Fsp3) is 0.467. The molecule has 3 atom stereocenters. The van der Waals surface area contributed by atoms with Gasteiger partial charge in [0.1, 0.15) is 6.61 Å². The van der Waals surface area contributed by atoms with Crippen molar-refractivity contribution >= 4 is 29.3 Å². The second kappa shape index (κ2) is 15.5. The van der Waals surface area contributed by atoms with Crippen LogP contribution in [0.15, 0.2) is 60.7 Å². The minimum Gasteiger partial charge on any atom is -0.444 e. The Kier molecular flexibility index (Phi) is 12.1. The standard InChI is InChI=1S/C30H39ClN2O5/c1-22-11-7-4-3-5-10-14-33(30(36)38-21-23-12-8-6-9-13-23)26-17-24(20-37-2)16-25(18-26)29(35)32-27(15-22)28(34)19-31/h3-4,6,8-9,12-13,16-18,22,27-28,34H,5,7,10-11,14-15,19-21H2,1-2H3,(H,32,35)/t22-,27+,28-/m1/s1. The van der Waals surface area contributed by atoms with Gasteiger partial charge in [0.15, 0.2) is 0 Å². The van der Waals surface area contributed by atoms with Crippen LogP contribution in [-0.4, -0.2) is 48.8 Å². The molecule has 1 aliphatic heterocycles. The SMILES string of the molecule is COCc1cc2cc(c1)N(C(=O)OCc1ccccc1)CCCC=CCC[C@@H](C)C[C@@H]([C@H](O)CCl)NC2=O. The molecule has 2 N–H and O–H groups in total. The molecule has 2 amide bonds. The molecule has 3 rings (SSSR count). The highest BCUT2D eigenvalue weighted by Crippen LogP contribution is 2.24. The number of nitrogens with one attached hydrogen (secondary N) is 1. The van der Waals surface area contributed by atoms with Crippen molar-refractivity contribution in [3.05, 3.63) is 77.4 Å². The summed E-state index contributed by atoms with van der Waals surface area (Å²) >= 11 is 5.97. The molecule has 206 valence electrons. The summed E-state index contributed by atoms with van der Waals surface area (Å²) in [5.41, 5.74) is 2.58. The fourth-order valence-corrected chi connectivity index (χ4v) is 4.76. The van der Waals surface area contributed by atoms with Gasteiger partial charge in [0, 0.05) is 24.9 Å². The number of alkyl halides is 1. The Morgan fingerprint density at radius 1 is 1.13 bits per heavy atom. The van der Waals surface area contributed by atoms with E-state index in [0.717, 1.165) is 36.8 Å². The lowest BCUT2D eigenvalue weighted by Gasteiger charge is -2.27. The third-order valence-corrected chi connectivity index (χ3v) is 6.94. The Bertz CT molecular complexity index is 1060. The van der Waals surface area contributed by atoms with Crippen LogP contribution in [0.25, 0.3) is 0 Å². The molecule has 0 aliphatic carbocycles. The van der Waals surface area contributed by atoms with E-state index in [9.17, 15) is 14.7 Å². The predicted molar refractivity (Wildman–Crippen MR) is 150 cm³/mol. The summed E-state index contributed by atoms with van der Waals surface area (Å²) in [6.45, 7) is 2.97. The summed E-state index contributed by atoms with van der Waals surface area (Å²) in [7, 11) is 1.58. The van der Waals surface area contributed by atoms with E-state index in [0.29, 0.717) is 30.1 Å². The second-order valence-electron chi connectivity index (χ2n) is 9.85. The molecule has 1 aliphatic rings. The van der Waals surface area contributed by atoms with Gasteiger partial charge in [0.05, 0.1) is 24.6 Å². The smallest absolute Gasteiger partial charge is 0.414 e. The number of benzene rings is 2. The van der Waals surface area contributed by atoms with Crippen molar-refractivity contribution in [2.24, 2.45) is 5.92 Å². The summed E-state index contributed by atoms with van der Waals surface area (Å²) in [5, 5.41) is 13.5. The van der Waals surface area contributed by atoms with Crippen LogP contribution >= 0.6 is 11.6 Å². The van der Waals surface area contributed by atoms with Gasteiger partial charge in [0.25, 0.3) is 5.91 Å². The first kappa shape index (κ1) is 29.7. The maximum atomic E-state index is 13.4. The second-order valence-corrected chi connectivity index (χ2v) is 10.2. The molecule has 0 saturated carbocycles. The van der Waals surface area contributed by atoms with Crippen LogP contribution in [-0.2, 0) is 22.7 Å². The zero-order valence-corrected chi connectivity index (χ0v) is 23.0. The highest BCUT2D eigenvalue weighted by Gasteiger charge is 2.25. The number of aliphatic hydroxyl groups is 1. The molecule has 0 aromatic heterocycles. The molecule has 0 saturated heterocycles. The van der Waals surface area contributed by atoms with Crippen molar-refractivity contribution < 1.29 is 24.2 Å². The van der Waals surface area contributed by atoms with Crippen molar-refractivity contribution in [2.75, 3.05) is 24.4 Å². The van der Waals surface area contributed by atoms with Gasteiger partial charge in [0.2, 0.25) is 0 Å². The number of hydrogen-bond acceptors (Lipinski definition) is 5. The number of halogens is 1. The van der Waals surface area contributed by atoms with Gasteiger partial charge in [-0.1, -0.05) is 49.4 Å². The van der Waals surface area contributed by atoms with Crippen LogP contribution in [0.2, 0.25) is 0 Å². The van der Waals surface area contributed by atoms with Gasteiger partial charge in [-0.25, -0.2) is 4.79 Å². The molecule has 8 heteroatoms. The number of methoxy groups -OCH3 is 1. The highest BCUT2D eigenvalue weighted by atomic mass is 35.5. The van der Waals surface area contributed by atoms with Crippen molar-refractivity contribution in [3.63, 3.8) is 0 Å². The summed E-state index contributed by atoms with van der Waals surface area (Å²) in [4.78, 5) is 28.3. The van der Waals surface area contributed by atoms with E-state index in [4.69, 9.17) is 21.1 Å². The van der Waals surface area contributed by atoms with Gasteiger partial charge in [-0.15, -0.1) is 11.6 Å². The predicted octanol–water partition coefficient (Wildman–Crippen LogP) is 5.83. The summed E-state index contributed by atoms with van der Waals surface area (Å²) in [5.74, 6) is -0.0238. The molecule has 0 spiro atoms. The summed E-state index contributed by atoms with van der Waals surface area (Å²) in [6.07, 6.45) is 6.95. The topological polar surface area (TPSA) is 88.1 Å². The average molecular weight is 543 g/mol. The lowest BCUT2D eigenvalue weighted by Crippen LogP contribution is -2.45. The van der Waals surface area contributed by atoms with E-state index in [1.807, 2.05) is 36.4 Å². The van der Waals surface area contributed by atoms with Crippen LogP contribution in [0.5, 0.6) is 0 Å². The minimum absolute atomic E-state index is 0.0214. The van der Waals surface area contributed by atoms with Gasteiger partial charge >= 0.3 is 6.09 Å². The Hall–Kier alpha value is -2.87. The van der Waals surface area contributed by atoms with E-state index >= 15 is 0 Å². The molecular weight excluding hydrogens is 504 g/mol. The number of carbonyl (C=O) groups is 2. The molecule has 0 unspecified atom stereocenters. The fourth-order valence-electron chi connectivity index (χ4n) is 4.54. The van der Waals surface area contributed by atoms with Gasteiger partial charge in [-0.2, -0.15) is 0 Å². The lowest BCUT2D eigenvalue weighted by molar-refractivity contribution is 0.0836. The summed E-state index contributed by atoms with van der Waals surface area (Å²) in [6, 6.07) is 14.3. The lowest BCUT2D eigenvalue weighted by atomic mass is 9.93. The maximum absolute atomic E-state index is 13.4. The van der Waals surface area contributed by atoms with Crippen molar-refractivity contribution in [3.8, 4) is 0 Å². The molecule has 0 fully saturated rings. The number of hydrogen-bond donors (Lipinski definition) is 2. The Labute approximate surface area is 230 Å². The van der Waals surface area contributed by atoms with E-state index in [-0.39, 0.29) is 25.0 Å². The van der Waals surface area contributed by atoms with Crippen molar-refractivity contribution in [1.29, 1.82) is 0 Å². The number of nitrogens with zero attached hydrogens (tertiary/aromatic N) is 1. The number of anilines is 1. The number of fused-ring (bicyclic) bond motifs is 2. The molecule has 1 heterocycles. The highest BCUT2D eigenvalue weighted by molar-refractivity contribution is 6.18. The van der Waals surface area contributed by atoms with Gasteiger partial charge in [-0.05, 0) is 67.3 Å². The number of ether oxygens (including phenoxy) is 2. The summed E-state index contributed by atoms with van der Waals surface area (Å²) < 4.78 is 11.0. The first-order valence-corrected chi connectivity index (χ1v) is 13.8. The quantitative estimate of drug-likeness (QED) is 0.354. The van der Waals surface area contributed by atoms with Crippen LogP contribution < -0.4 is 10.2 Å². The van der Waals surface area contributed by atoms with Crippen LogP contribution in [0, 0.1) is 5.92 Å². The van der Waals surface area contributed by atoms with Crippen LogP contribution in [0.3, 0.4) is 0 Å². The molecule has 38 heavy (non-hydrogen) atoms. The molecule has 2 aromatic rings. The van der Waals surface area contributed by atoms with Crippen LogP contribution in [0.1, 0.15) is 60.5 Å². The van der Waals surface area contributed by atoms with Gasteiger partial charge in [-0.3, -0.25) is 9.69 Å². The third kappa shape index (κ3) is 9.15. The normalized spacial score (nSPS) is 20.0. The minimum atomic E-state index is -0.872. The Morgan fingerprint density at radius 3 is 2.63 bits per heavy atom. The molecule has 2 bridgehead atoms. The molecule has 2 aromatic carbocycles. The van der Waals surface area contributed by atoms with E-state index in [1.165, 1.54) is 0 Å². The van der Waals surface area contributed by atoms with E-state index in [2.05, 4.69) is 24.4 Å². The van der Waals surface area contributed by atoms with E-state index < -0.39 is 18.2 Å². The Morgan fingerprint density at radius 2 is 1.89 bits per heavy atom. The first-order chi connectivity index (χ1) is 18.4. The zero-order valence-electron chi connectivity index (χ0n) is 22.3.